The van der Waals surface area contributed by atoms with Crippen LogP contribution in [-0.2, 0) is 23.1 Å². The Morgan fingerprint density at radius 3 is 2.87 bits per heavy atom. The Morgan fingerprint density at radius 2 is 2.09 bits per heavy atom. The molecule has 0 fully saturated rings. The quantitative estimate of drug-likeness (QED) is 0.707. The van der Waals surface area contributed by atoms with Crippen molar-refractivity contribution in [2.24, 2.45) is 7.05 Å². The molecule has 0 unspecified atom stereocenters. The Balaban J connectivity index is 1.79. The summed E-state index contributed by atoms with van der Waals surface area (Å²) in [4.78, 5) is 23.9. The van der Waals surface area contributed by atoms with Crippen molar-refractivity contribution >= 4 is 28.6 Å². The number of hydrogen-bond donors (Lipinski definition) is 1. The topological polar surface area (TPSA) is 104 Å². The molecule has 1 amide bonds. The van der Waals surface area contributed by atoms with Crippen LogP contribution in [-0.4, -0.2) is 43.8 Å². The summed E-state index contributed by atoms with van der Waals surface area (Å²) < 4.78 is 7.51. The Labute approximate surface area is 130 Å². The number of para-hydroxylation sites is 1. The average molecular weight is 314 g/mol. The van der Waals surface area contributed by atoms with Crippen LogP contribution in [0.3, 0.4) is 0 Å². The number of carbonyl (C=O) groups is 2. The molecule has 0 saturated carbocycles. The minimum atomic E-state index is -0.577. The van der Waals surface area contributed by atoms with Gasteiger partial charge in [0.25, 0.3) is 0 Å². The van der Waals surface area contributed by atoms with Crippen molar-refractivity contribution in [3.63, 3.8) is 0 Å². The van der Waals surface area contributed by atoms with Gasteiger partial charge in [0.1, 0.15) is 12.1 Å². The number of rotatable bonds is 4. The van der Waals surface area contributed by atoms with Gasteiger partial charge in [0, 0.05) is 7.05 Å². The van der Waals surface area contributed by atoms with Crippen molar-refractivity contribution in [2.75, 3.05) is 12.4 Å². The Bertz CT molecular complexity index is 882. The maximum absolute atomic E-state index is 12.2. The molecule has 118 valence electrons. The molecule has 0 bridgehead atoms. The van der Waals surface area contributed by atoms with Crippen molar-refractivity contribution in [2.45, 2.75) is 6.54 Å². The van der Waals surface area contributed by atoms with Gasteiger partial charge in [0.05, 0.1) is 24.5 Å². The summed E-state index contributed by atoms with van der Waals surface area (Å²) in [5.41, 5.74) is 1.91. The molecule has 23 heavy (non-hydrogen) atoms. The van der Waals surface area contributed by atoms with Gasteiger partial charge in [-0.25, -0.2) is 9.48 Å². The number of esters is 1. The SMILES string of the molecule is COC(=O)c1c(NC(=O)Cn2nnc3ccccc32)cnn1C. The fourth-order valence-corrected chi connectivity index (χ4v) is 2.23. The largest absolute Gasteiger partial charge is 0.464 e. The second-order valence-corrected chi connectivity index (χ2v) is 4.81. The lowest BCUT2D eigenvalue weighted by Gasteiger charge is -2.06. The molecule has 0 spiro atoms. The first-order chi connectivity index (χ1) is 11.1. The number of aromatic nitrogens is 5. The highest BCUT2D eigenvalue weighted by Crippen LogP contribution is 2.16. The fraction of sp³-hybridized carbons (Fsp3) is 0.214. The van der Waals surface area contributed by atoms with E-state index in [0.29, 0.717) is 5.52 Å². The van der Waals surface area contributed by atoms with E-state index in [0.717, 1.165) is 5.52 Å². The second kappa shape index (κ2) is 5.87. The molecular formula is C14H14N6O3. The number of aryl methyl sites for hydroxylation is 1. The molecule has 1 aromatic carbocycles. The summed E-state index contributed by atoms with van der Waals surface area (Å²) in [5.74, 6) is -0.926. The van der Waals surface area contributed by atoms with E-state index >= 15 is 0 Å². The Morgan fingerprint density at radius 1 is 1.30 bits per heavy atom. The molecule has 0 aliphatic rings. The molecule has 0 radical (unpaired) electrons. The van der Waals surface area contributed by atoms with Gasteiger partial charge in [-0.05, 0) is 12.1 Å². The van der Waals surface area contributed by atoms with E-state index in [1.165, 1.54) is 22.7 Å². The lowest BCUT2D eigenvalue weighted by atomic mass is 10.3. The predicted molar refractivity (Wildman–Crippen MR) is 80.7 cm³/mol. The van der Waals surface area contributed by atoms with Crippen LogP contribution >= 0.6 is 0 Å². The van der Waals surface area contributed by atoms with Gasteiger partial charge in [0.15, 0.2) is 5.69 Å². The van der Waals surface area contributed by atoms with Gasteiger partial charge < -0.3 is 10.1 Å². The highest BCUT2D eigenvalue weighted by Gasteiger charge is 2.19. The molecule has 3 aromatic rings. The van der Waals surface area contributed by atoms with Crippen LogP contribution in [0, 0.1) is 0 Å². The minimum absolute atomic E-state index is 0.0317. The molecule has 0 aliphatic carbocycles. The molecule has 9 nitrogen and oxygen atoms in total. The average Bonchev–Trinajstić information content (AvgIpc) is 3.11. The first-order valence-corrected chi connectivity index (χ1v) is 6.78. The van der Waals surface area contributed by atoms with Crippen molar-refractivity contribution < 1.29 is 14.3 Å². The monoisotopic (exact) mass is 314 g/mol. The number of nitrogens with one attached hydrogen (secondary N) is 1. The van der Waals surface area contributed by atoms with Crippen LogP contribution in [0.25, 0.3) is 11.0 Å². The van der Waals surface area contributed by atoms with E-state index < -0.39 is 5.97 Å². The number of nitrogens with zero attached hydrogens (tertiary/aromatic N) is 5. The molecule has 0 aliphatic heterocycles. The van der Waals surface area contributed by atoms with Crippen LogP contribution < -0.4 is 5.32 Å². The second-order valence-electron chi connectivity index (χ2n) is 4.81. The number of ether oxygens (including phenoxy) is 1. The van der Waals surface area contributed by atoms with Gasteiger partial charge in [-0.3, -0.25) is 9.48 Å². The lowest BCUT2D eigenvalue weighted by Crippen LogP contribution is -2.21. The fourth-order valence-electron chi connectivity index (χ4n) is 2.23. The Kier molecular flexibility index (Phi) is 3.75. The van der Waals surface area contributed by atoms with Crippen molar-refractivity contribution in [3.8, 4) is 0 Å². The molecule has 2 heterocycles. The Hall–Kier alpha value is -3.23. The maximum atomic E-state index is 12.2. The maximum Gasteiger partial charge on any atom is 0.358 e. The highest BCUT2D eigenvalue weighted by molar-refractivity contribution is 6.00. The third-order valence-corrected chi connectivity index (χ3v) is 3.31. The van der Waals surface area contributed by atoms with Crippen LogP contribution in [0.15, 0.2) is 30.5 Å². The van der Waals surface area contributed by atoms with Crippen LogP contribution in [0.1, 0.15) is 10.5 Å². The summed E-state index contributed by atoms with van der Waals surface area (Å²) in [7, 11) is 2.86. The van der Waals surface area contributed by atoms with E-state index in [9.17, 15) is 9.59 Å². The smallest absolute Gasteiger partial charge is 0.358 e. The van der Waals surface area contributed by atoms with Crippen LogP contribution in [0.4, 0.5) is 5.69 Å². The number of fused-ring (bicyclic) bond motifs is 1. The number of anilines is 1. The van der Waals surface area contributed by atoms with Crippen molar-refractivity contribution in [1.82, 2.24) is 24.8 Å². The first-order valence-electron chi connectivity index (χ1n) is 6.78. The van der Waals surface area contributed by atoms with Crippen molar-refractivity contribution in [3.05, 3.63) is 36.2 Å². The summed E-state index contributed by atoms with van der Waals surface area (Å²) >= 11 is 0. The molecule has 0 saturated heterocycles. The van der Waals surface area contributed by atoms with E-state index in [4.69, 9.17) is 0 Å². The molecular weight excluding hydrogens is 300 g/mol. The molecule has 2 aromatic heterocycles. The molecule has 3 rings (SSSR count). The van der Waals surface area contributed by atoms with Gasteiger partial charge in [-0.1, -0.05) is 17.3 Å². The first kappa shape index (κ1) is 14.7. The zero-order valence-corrected chi connectivity index (χ0v) is 12.6. The minimum Gasteiger partial charge on any atom is -0.464 e. The van der Waals surface area contributed by atoms with Crippen LogP contribution in [0.2, 0.25) is 0 Å². The van der Waals surface area contributed by atoms with E-state index in [2.05, 4.69) is 25.5 Å². The highest BCUT2D eigenvalue weighted by atomic mass is 16.5. The third-order valence-electron chi connectivity index (χ3n) is 3.31. The summed E-state index contributed by atoms with van der Waals surface area (Å²) in [6.45, 7) is -0.0317. The summed E-state index contributed by atoms with van der Waals surface area (Å²) in [5, 5.41) is 14.5. The zero-order chi connectivity index (χ0) is 16.4. The molecule has 9 heteroatoms. The van der Waals surface area contributed by atoms with Crippen molar-refractivity contribution in [1.29, 1.82) is 0 Å². The number of amides is 1. The molecule has 1 N–H and O–H groups in total. The van der Waals surface area contributed by atoms with E-state index in [-0.39, 0.29) is 23.8 Å². The van der Waals surface area contributed by atoms with Gasteiger partial charge in [-0.2, -0.15) is 5.10 Å². The third kappa shape index (κ3) is 2.76. The molecule has 0 atom stereocenters. The number of benzene rings is 1. The summed E-state index contributed by atoms with van der Waals surface area (Å²) in [6, 6.07) is 7.33. The summed E-state index contributed by atoms with van der Waals surface area (Å²) in [6.07, 6.45) is 1.39. The predicted octanol–water partition coefficient (Wildman–Crippen LogP) is 0.590. The van der Waals surface area contributed by atoms with E-state index in [1.54, 1.807) is 7.05 Å². The van der Waals surface area contributed by atoms with E-state index in [1.807, 2.05) is 24.3 Å². The number of hydrogen-bond acceptors (Lipinski definition) is 6. The number of methoxy groups -OCH3 is 1. The van der Waals surface area contributed by atoms with Crippen LogP contribution in [0.5, 0.6) is 0 Å². The standard InChI is InChI=1S/C14H14N6O3/c1-19-13(14(22)23-2)10(7-15-19)16-12(21)8-20-11-6-4-3-5-9(11)17-18-20/h3-7H,8H2,1-2H3,(H,16,21). The zero-order valence-electron chi connectivity index (χ0n) is 12.6. The number of carbonyl (C=O) groups excluding carboxylic acids is 2. The lowest BCUT2D eigenvalue weighted by molar-refractivity contribution is -0.116. The normalized spacial score (nSPS) is 10.7. The van der Waals surface area contributed by atoms with Gasteiger partial charge in [0.2, 0.25) is 5.91 Å². The van der Waals surface area contributed by atoms with Gasteiger partial charge >= 0.3 is 5.97 Å². The van der Waals surface area contributed by atoms with Gasteiger partial charge in [-0.15, -0.1) is 5.10 Å².